The number of hydrogen-bond donors (Lipinski definition) is 1. The van der Waals surface area contributed by atoms with Gasteiger partial charge in [-0.25, -0.2) is 9.59 Å². The third-order valence-electron chi connectivity index (χ3n) is 5.25. The summed E-state index contributed by atoms with van der Waals surface area (Å²) in [7, 11) is 0. The van der Waals surface area contributed by atoms with Gasteiger partial charge < -0.3 is 15.2 Å². The average Bonchev–Trinajstić information content (AvgIpc) is 3.04. The van der Waals surface area contributed by atoms with Crippen LogP contribution >= 0.6 is 11.8 Å². The number of anilines is 1. The number of nitrogens with two attached hydrogens (primary N) is 1. The lowest BCUT2D eigenvalue weighted by atomic mass is 9.75. The second-order valence-electron chi connectivity index (χ2n) is 7.60. The Morgan fingerprint density at radius 1 is 1.46 bits per heavy atom. The van der Waals surface area contributed by atoms with E-state index < -0.39 is 17.4 Å². The largest absolute Gasteiger partial charge is 0.459 e. The van der Waals surface area contributed by atoms with Crippen LogP contribution < -0.4 is 11.4 Å². The molecule has 3 rings (SSSR count). The molecule has 0 amide bonds. The van der Waals surface area contributed by atoms with Crippen molar-refractivity contribution >= 4 is 23.5 Å². The van der Waals surface area contributed by atoms with E-state index in [1.54, 1.807) is 6.20 Å². The van der Waals surface area contributed by atoms with Crippen molar-refractivity contribution in [3.8, 4) is 0 Å². The normalized spacial score (nSPS) is 31.9. The topological polar surface area (TPSA) is 96.4 Å². The second kappa shape index (κ2) is 8.00. The van der Waals surface area contributed by atoms with Crippen molar-refractivity contribution in [3.63, 3.8) is 0 Å². The second-order valence-corrected chi connectivity index (χ2v) is 8.69. The molecule has 1 aromatic heterocycles. The summed E-state index contributed by atoms with van der Waals surface area (Å²) in [5.41, 5.74) is 4.32. The Labute approximate surface area is 157 Å². The molecule has 8 heteroatoms. The van der Waals surface area contributed by atoms with Gasteiger partial charge in [-0.05, 0) is 36.7 Å². The summed E-state index contributed by atoms with van der Waals surface area (Å²) >= 11 is 1.35. The lowest BCUT2D eigenvalue weighted by Gasteiger charge is -2.37. The molecule has 0 aromatic carbocycles. The Morgan fingerprint density at radius 3 is 2.92 bits per heavy atom. The van der Waals surface area contributed by atoms with E-state index >= 15 is 0 Å². The van der Waals surface area contributed by atoms with Gasteiger partial charge in [-0.3, -0.25) is 4.57 Å². The molecule has 1 aromatic rings. The number of hydrogen-bond acceptors (Lipinski definition) is 7. The van der Waals surface area contributed by atoms with Gasteiger partial charge in [0.15, 0.2) is 0 Å². The van der Waals surface area contributed by atoms with Crippen molar-refractivity contribution in [3.05, 3.63) is 22.7 Å². The van der Waals surface area contributed by atoms with Crippen LogP contribution in [0, 0.1) is 17.8 Å². The van der Waals surface area contributed by atoms with Crippen LogP contribution in [0.15, 0.2) is 17.1 Å². The summed E-state index contributed by atoms with van der Waals surface area (Å²) in [4.78, 5) is 28.3. The van der Waals surface area contributed by atoms with Gasteiger partial charge in [-0.15, -0.1) is 11.8 Å². The van der Waals surface area contributed by atoms with Crippen LogP contribution in [0.3, 0.4) is 0 Å². The van der Waals surface area contributed by atoms with Gasteiger partial charge in [0.05, 0.1) is 0 Å². The molecule has 2 fully saturated rings. The Hall–Kier alpha value is -1.54. The highest BCUT2D eigenvalue weighted by atomic mass is 32.2. The first-order chi connectivity index (χ1) is 12.3. The molecule has 0 radical (unpaired) electrons. The third kappa shape index (κ3) is 4.23. The Kier molecular flexibility index (Phi) is 5.92. The lowest BCUT2D eigenvalue weighted by molar-refractivity contribution is -0.166. The number of carbonyl (C=O) groups is 1. The van der Waals surface area contributed by atoms with Gasteiger partial charge in [0, 0.05) is 11.9 Å². The maximum Gasteiger partial charge on any atom is 0.351 e. The fourth-order valence-electron chi connectivity index (χ4n) is 3.76. The van der Waals surface area contributed by atoms with Crippen LogP contribution in [0.4, 0.5) is 5.82 Å². The molecule has 0 spiro atoms. The molecule has 0 bridgehead atoms. The van der Waals surface area contributed by atoms with E-state index in [1.165, 1.54) is 28.8 Å². The molecule has 1 aliphatic heterocycles. The molecule has 1 saturated carbocycles. The monoisotopic (exact) mass is 381 g/mol. The standard InChI is InChI=1S/C18H27N3O4S/c1-10(2)12-5-4-11(3)8-13(12)24-16(22)17-25-15(9-26-17)21-7-6-14(19)20-18(21)23/h6-7,10-13,15,17H,4-5,8-9H2,1-3H3,(H2,19,20,23)/t11-,12+,13-,15+,17?/m1/s1. The predicted molar refractivity (Wildman–Crippen MR) is 101 cm³/mol. The van der Waals surface area contributed by atoms with Gasteiger partial charge in [0.25, 0.3) is 0 Å². The molecule has 26 heavy (non-hydrogen) atoms. The molecule has 2 heterocycles. The van der Waals surface area contributed by atoms with Crippen molar-refractivity contribution in [1.29, 1.82) is 0 Å². The molecule has 7 nitrogen and oxygen atoms in total. The minimum absolute atomic E-state index is 0.0598. The minimum atomic E-state index is -0.713. The molecular formula is C18H27N3O4S. The van der Waals surface area contributed by atoms with Gasteiger partial charge >= 0.3 is 11.7 Å². The zero-order valence-electron chi connectivity index (χ0n) is 15.5. The maximum atomic E-state index is 12.6. The van der Waals surface area contributed by atoms with Gasteiger partial charge in [0.1, 0.15) is 18.1 Å². The molecule has 1 saturated heterocycles. The number of rotatable bonds is 4. The van der Waals surface area contributed by atoms with Crippen LogP contribution in [0.25, 0.3) is 0 Å². The molecule has 5 atom stereocenters. The number of carbonyl (C=O) groups excluding carboxylic acids is 1. The summed E-state index contributed by atoms with van der Waals surface area (Å²) in [6.07, 6.45) is 4.11. The lowest BCUT2D eigenvalue weighted by Crippen LogP contribution is -2.38. The number of esters is 1. The zero-order valence-corrected chi connectivity index (χ0v) is 16.3. The van der Waals surface area contributed by atoms with Gasteiger partial charge in [-0.1, -0.05) is 27.2 Å². The van der Waals surface area contributed by atoms with Crippen molar-refractivity contribution < 1.29 is 14.3 Å². The third-order valence-corrected chi connectivity index (χ3v) is 6.34. The van der Waals surface area contributed by atoms with Gasteiger partial charge in [-0.2, -0.15) is 4.98 Å². The predicted octanol–water partition coefficient (Wildman–Crippen LogP) is 2.42. The zero-order chi connectivity index (χ0) is 18.8. The van der Waals surface area contributed by atoms with Crippen LogP contribution in [0.5, 0.6) is 0 Å². The van der Waals surface area contributed by atoms with E-state index in [0.29, 0.717) is 23.5 Å². The van der Waals surface area contributed by atoms with Crippen molar-refractivity contribution in [2.24, 2.45) is 17.8 Å². The quantitative estimate of drug-likeness (QED) is 0.800. The summed E-state index contributed by atoms with van der Waals surface area (Å²) in [5, 5.41) is 0. The number of aromatic nitrogens is 2. The first-order valence-corrected chi connectivity index (χ1v) is 10.2. The van der Waals surface area contributed by atoms with E-state index in [1.807, 2.05) is 0 Å². The summed E-state index contributed by atoms with van der Waals surface area (Å²) in [5.74, 6) is 1.73. The van der Waals surface area contributed by atoms with E-state index in [9.17, 15) is 9.59 Å². The van der Waals surface area contributed by atoms with Crippen molar-refractivity contribution in [1.82, 2.24) is 9.55 Å². The summed E-state index contributed by atoms with van der Waals surface area (Å²) in [6, 6.07) is 1.54. The van der Waals surface area contributed by atoms with Gasteiger partial charge in [0.2, 0.25) is 5.44 Å². The van der Waals surface area contributed by atoms with E-state index in [2.05, 4.69) is 25.8 Å². The summed E-state index contributed by atoms with van der Waals surface area (Å²) < 4.78 is 13.0. The maximum absolute atomic E-state index is 12.6. The molecule has 1 aliphatic carbocycles. The molecule has 2 N–H and O–H groups in total. The molecular weight excluding hydrogens is 354 g/mol. The SMILES string of the molecule is CC(C)[C@@H]1CC[C@@H](C)C[C@H]1OC(=O)C1O[C@H](n2ccc(N)nc2=O)CS1. The van der Waals surface area contributed by atoms with Crippen molar-refractivity contribution in [2.75, 3.05) is 11.5 Å². The van der Waals surface area contributed by atoms with Crippen LogP contribution in [0.1, 0.15) is 46.3 Å². The van der Waals surface area contributed by atoms with Crippen molar-refractivity contribution in [2.45, 2.75) is 57.8 Å². The Morgan fingerprint density at radius 2 is 2.23 bits per heavy atom. The minimum Gasteiger partial charge on any atom is -0.459 e. The van der Waals surface area contributed by atoms with E-state index in [0.717, 1.165) is 12.8 Å². The van der Waals surface area contributed by atoms with Crippen LogP contribution in [-0.2, 0) is 14.3 Å². The first kappa shape index (κ1) is 19.2. The highest BCUT2D eigenvalue weighted by Crippen LogP contribution is 2.37. The molecule has 144 valence electrons. The summed E-state index contributed by atoms with van der Waals surface area (Å²) in [6.45, 7) is 6.56. The van der Waals surface area contributed by atoms with Crippen LogP contribution in [0.2, 0.25) is 0 Å². The highest BCUT2D eigenvalue weighted by molar-refractivity contribution is 8.00. The first-order valence-electron chi connectivity index (χ1n) is 9.17. The molecule has 2 aliphatic rings. The number of nitrogen functional groups attached to an aromatic ring is 1. The number of thioether (sulfide) groups is 1. The number of ether oxygens (including phenoxy) is 2. The Bertz CT molecular complexity index is 708. The molecule has 1 unspecified atom stereocenters. The van der Waals surface area contributed by atoms with Crippen LogP contribution in [-0.4, -0.2) is 32.8 Å². The fourth-order valence-corrected chi connectivity index (χ4v) is 4.74. The Balaban J connectivity index is 1.63. The average molecular weight is 381 g/mol. The number of nitrogens with zero attached hydrogens (tertiary/aromatic N) is 2. The van der Waals surface area contributed by atoms with E-state index in [-0.39, 0.29) is 17.9 Å². The smallest absolute Gasteiger partial charge is 0.351 e. The highest BCUT2D eigenvalue weighted by Gasteiger charge is 2.38. The fraction of sp³-hybridized carbons (Fsp3) is 0.722. The van der Waals surface area contributed by atoms with E-state index in [4.69, 9.17) is 15.2 Å².